The van der Waals surface area contributed by atoms with Crippen LogP contribution in [0.25, 0.3) is 10.9 Å². The van der Waals surface area contributed by atoms with E-state index in [-0.39, 0.29) is 0 Å². The Bertz CT molecular complexity index is 795. The quantitative estimate of drug-likeness (QED) is 0.769. The molecule has 1 heterocycles. The van der Waals surface area contributed by atoms with E-state index >= 15 is 0 Å². The van der Waals surface area contributed by atoms with Crippen LogP contribution in [0.2, 0.25) is 0 Å². The predicted molar refractivity (Wildman–Crippen MR) is 93.9 cm³/mol. The molecule has 0 saturated carbocycles. The molecular formula is C17H24NO5P. The minimum absolute atomic E-state index is 0.328. The first-order valence-electron chi connectivity index (χ1n) is 7.83. The molecule has 1 aromatic carbocycles. The minimum Gasteiger partial charge on any atom is -0.493 e. The molecule has 1 aromatic heterocycles. The van der Waals surface area contributed by atoms with Crippen molar-refractivity contribution in [1.82, 2.24) is 4.98 Å². The molecule has 2 aromatic rings. The van der Waals surface area contributed by atoms with Gasteiger partial charge in [-0.05, 0) is 37.5 Å². The number of aryl methyl sites for hydroxylation is 1. The molecule has 0 bridgehead atoms. The Hall–Kier alpha value is -1.62. The van der Waals surface area contributed by atoms with Crippen molar-refractivity contribution in [3.63, 3.8) is 0 Å². The van der Waals surface area contributed by atoms with Crippen LogP contribution in [0.15, 0.2) is 18.2 Å². The highest BCUT2D eigenvalue weighted by Gasteiger charge is 2.46. The van der Waals surface area contributed by atoms with E-state index in [2.05, 4.69) is 4.98 Å². The highest BCUT2D eigenvalue weighted by Crippen LogP contribution is 2.61. The summed E-state index contributed by atoms with van der Waals surface area (Å²) in [6, 6.07) is 5.35. The average Bonchev–Trinajstić information content (AvgIpc) is 2.54. The maximum absolute atomic E-state index is 12.2. The largest absolute Gasteiger partial charge is 0.493 e. The third kappa shape index (κ3) is 2.90. The van der Waals surface area contributed by atoms with Gasteiger partial charge in [0.25, 0.3) is 0 Å². The van der Waals surface area contributed by atoms with Crippen LogP contribution in [0, 0.1) is 6.92 Å². The van der Waals surface area contributed by atoms with Crippen LogP contribution in [0.4, 0.5) is 0 Å². The topological polar surface area (TPSA) is 88.9 Å². The van der Waals surface area contributed by atoms with E-state index in [4.69, 9.17) is 9.47 Å². The summed E-state index contributed by atoms with van der Waals surface area (Å²) in [7, 11) is -1.26. The zero-order valence-corrected chi connectivity index (χ0v) is 15.6. The molecule has 0 atom stereocenters. The van der Waals surface area contributed by atoms with Crippen molar-refractivity contribution < 1.29 is 23.8 Å². The number of methoxy groups -OCH3 is 2. The smallest absolute Gasteiger partial charge is 0.336 e. The molecule has 0 fully saturated rings. The van der Waals surface area contributed by atoms with Crippen LogP contribution in [0.1, 0.15) is 37.9 Å². The van der Waals surface area contributed by atoms with E-state index in [0.29, 0.717) is 41.1 Å². The van der Waals surface area contributed by atoms with Gasteiger partial charge in [0.2, 0.25) is 0 Å². The standard InChI is InChI=1S/C17H24NO5P/c1-6-17(7-2,24(19,20)21)13-8-12-9-15(22-4)16(23-5)10-14(12)18-11(13)3/h8-10H,6-7H2,1-5H3,(H2,19,20,21). The second-order valence-electron chi connectivity index (χ2n) is 5.80. The van der Waals surface area contributed by atoms with E-state index < -0.39 is 12.8 Å². The molecule has 0 spiro atoms. The molecule has 7 heteroatoms. The van der Waals surface area contributed by atoms with Crippen molar-refractivity contribution in [3.05, 3.63) is 29.5 Å². The molecule has 24 heavy (non-hydrogen) atoms. The van der Waals surface area contributed by atoms with Gasteiger partial charge < -0.3 is 19.3 Å². The van der Waals surface area contributed by atoms with Crippen molar-refractivity contribution in [3.8, 4) is 11.5 Å². The average molecular weight is 353 g/mol. The number of aromatic nitrogens is 1. The number of pyridine rings is 1. The van der Waals surface area contributed by atoms with Crippen LogP contribution in [-0.4, -0.2) is 29.0 Å². The lowest BCUT2D eigenvalue weighted by Gasteiger charge is -2.34. The van der Waals surface area contributed by atoms with Crippen molar-refractivity contribution in [2.24, 2.45) is 0 Å². The molecule has 6 nitrogen and oxygen atoms in total. The van der Waals surface area contributed by atoms with Crippen LogP contribution < -0.4 is 9.47 Å². The Morgan fingerprint density at radius 1 is 1.08 bits per heavy atom. The second kappa shape index (κ2) is 6.71. The predicted octanol–water partition coefficient (Wildman–Crippen LogP) is 3.75. The molecule has 0 saturated heterocycles. The molecule has 0 radical (unpaired) electrons. The van der Waals surface area contributed by atoms with Crippen molar-refractivity contribution in [1.29, 1.82) is 0 Å². The van der Waals surface area contributed by atoms with Gasteiger partial charge in [-0.25, -0.2) is 0 Å². The summed E-state index contributed by atoms with van der Waals surface area (Å²) >= 11 is 0. The number of fused-ring (bicyclic) bond motifs is 1. The fourth-order valence-electron chi connectivity index (χ4n) is 3.27. The Morgan fingerprint density at radius 2 is 1.62 bits per heavy atom. The van der Waals surface area contributed by atoms with Crippen molar-refractivity contribution in [2.75, 3.05) is 14.2 Å². The molecule has 0 amide bonds. The summed E-state index contributed by atoms with van der Waals surface area (Å²) in [6.07, 6.45) is 0.657. The fourth-order valence-corrected chi connectivity index (χ4v) is 4.63. The summed E-state index contributed by atoms with van der Waals surface area (Å²) in [6.45, 7) is 5.36. The lowest BCUT2D eigenvalue weighted by atomic mass is 9.90. The van der Waals surface area contributed by atoms with Gasteiger partial charge in [0.05, 0.1) is 24.9 Å². The second-order valence-corrected chi connectivity index (χ2v) is 7.75. The third-order valence-electron chi connectivity index (χ3n) is 4.74. The molecule has 0 unspecified atom stereocenters. The summed E-state index contributed by atoms with van der Waals surface area (Å²) in [5.41, 5.74) is 1.89. The number of rotatable bonds is 6. The molecule has 0 aliphatic heterocycles. The molecule has 0 aliphatic rings. The lowest BCUT2D eigenvalue weighted by molar-refractivity contribution is 0.314. The van der Waals surface area contributed by atoms with Gasteiger partial charge in [-0.2, -0.15) is 0 Å². The van der Waals surface area contributed by atoms with Gasteiger partial charge >= 0.3 is 7.60 Å². The highest BCUT2D eigenvalue weighted by atomic mass is 31.2. The molecular weight excluding hydrogens is 329 g/mol. The van der Waals surface area contributed by atoms with Gasteiger partial charge in [0, 0.05) is 17.1 Å². The highest BCUT2D eigenvalue weighted by molar-refractivity contribution is 7.53. The Labute approximate surface area is 142 Å². The van der Waals surface area contributed by atoms with Crippen molar-refractivity contribution >= 4 is 18.5 Å². The molecule has 2 N–H and O–H groups in total. The Balaban J connectivity index is 2.80. The number of benzene rings is 1. The van der Waals surface area contributed by atoms with Gasteiger partial charge in [-0.3, -0.25) is 9.55 Å². The number of nitrogens with zero attached hydrogens (tertiary/aromatic N) is 1. The molecule has 2 rings (SSSR count). The third-order valence-corrected chi connectivity index (χ3v) is 6.73. The number of ether oxygens (including phenoxy) is 2. The van der Waals surface area contributed by atoms with Gasteiger partial charge in [-0.1, -0.05) is 13.8 Å². The van der Waals surface area contributed by atoms with E-state index in [0.717, 1.165) is 5.39 Å². The monoisotopic (exact) mass is 353 g/mol. The van der Waals surface area contributed by atoms with Gasteiger partial charge in [0.15, 0.2) is 11.5 Å². The molecule has 0 aliphatic carbocycles. The lowest BCUT2D eigenvalue weighted by Crippen LogP contribution is -2.26. The number of hydrogen-bond donors (Lipinski definition) is 2. The summed E-state index contributed by atoms with van der Waals surface area (Å²) in [5.74, 6) is 1.12. The zero-order valence-electron chi connectivity index (χ0n) is 14.7. The maximum atomic E-state index is 12.2. The number of hydrogen-bond acceptors (Lipinski definition) is 4. The summed E-state index contributed by atoms with van der Waals surface area (Å²) in [5, 5.41) is -0.473. The SMILES string of the molecule is CCC(CC)(c1cc2cc(OC)c(OC)cc2nc1C)P(=O)(O)O. The van der Waals surface area contributed by atoms with Crippen LogP contribution in [-0.2, 0) is 9.72 Å². The summed E-state index contributed by atoms with van der Waals surface area (Å²) in [4.78, 5) is 24.6. The fraction of sp³-hybridized carbons (Fsp3) is 0.471. The van der Waals surface area contributed by atoms with Crippen LogP contribution >= 0.6 is 7.60 Å². The normalized spacial score (nSPS) is 12.5. The minimum atomic E-state index is -4.36. The summed E-state index contributed by atoms with van der Waals surface area (Å²) < 4.78 is 22.9. The van der Waals surface area contributed by atoms with E-state index in [1.807, 2.05) is 6.07 Å². The van der Waals surface area contributed by atoms with E-state index in [1.165, 1.54) is 0 Å². The first-order chi connectivity index (χ1) is 11.2. The van der Waals surface area contributed by atoms with Crippen molar-refractivity contribution in [2.45, 2.75) is 38.8 Å². The maximum Gasteiger partial charge on any atom is 0.336 e. The first kappa shape index (κ1) is 18.7. The van der Waals surface area contributed by atoms with Gasteiger partial charge in [0.1, 0.15) is 0 Å². The Kier molecular flexibility index (Phi) is 5.23. The van der Waals surface area contributed by atoms with E-state index in [1.54, 1.807) is 47.1 Å². The van der Waals surface area contributed by atoms with Crippen LogP contribution in [0.3, 0.4) is 0 Å². The Morgan fingerprint density at radius 3 is 2.08 bits per heavy atom. The molecule has 132 valence electrons. The van der Waals surface area contributed by atoms with Gasteiger partial charge in [-0.15, -0.1) is 0 Å². The zero-order chi connectivity index (χ0) is 18.1. The first-order valence-corrected chi connectivity index (χ1v) is 9.44. The van der Waals surface area contributed by atoms with Crippen LogP contribution in [0.5, 0.6) is 11.5 Å². The van der Waals surface area contributed by atoms with E-state index in [9.17, 15) is 14.4 Å².